The van der Waals surface area contributed by atoms with Gasteiger partial charge in [0, 0.05) is 49.7 Å². The molecule has 5 heterocycles. The van der Waals surface area contributed by atoms with Crippen LogP contribution in [0.2, 0.25) is 0 Å². The van der Waals surface area contributed by atoms with Gasteiger partial charge in [-0.05, 0) is 98.6 Å². The largest absolute Gasteiger partial charge is 0.506 e. The summed E-state index contributed by atoms with van der Waals surface area (Å²) in [7, 11) is 0. The zero-order chi connectivity index (χ0) is 38.4. The quantitative estimate of drug-likeness (QED) is 0.112. The van der Waals surface area contributed by atoms with E-state index in [9.17, 15) is 29.4 Å². The molecule has 8 rings (SSSR count). The van der Waals surface area contributed by atoms with Crippen molar-refractivity contribution >= 4 is 28.8 Å². The topological polar surface area (TPSA) is 176 Å². The van der Waals surface area contributed by atoms with Gasteiger partial charge in [-0.15, -0.1) is 0 Å². The number of amides is 3. The maximum absolute atomic E-state index is 13.4. The molecule has 3 aromatic carbocycles. The lowest BCUT2D eigenvalue weighted by Gasteiger charge is -2.45. The third-order valence-electron chi connectivity index (χ3n) is 11.5. The molecule has 0 spiro atoms. The number of ether oxygens (including phenoxy) is 1. The first-order valence-electron chi connectivity index (χ1n) is 19.3. The number of fused-ring (bicyclic) bond motifs is 4. The summed E-state index contributed by atoms with van der Waals surface area (Å²) in [5.74, 6) is 0.146. The molecule has 6 N–H and O–H groups in total. The molecule has 3 amide bonds. The number of alkyl carbamates (subject to hydrolysis) is 1. The number of aliphatic hydroxyl groups is 1. The number of aromatic amines is 1. The van der Waals surface area contributed by atoms with Gasteiger partial charge in [-0.25, -0.2) is 4.79 Å². The molecule has 2 atom stereocenters. The molecule has 0 unspecified atom stereocenters. The number of aromatic hydroxyl groups is 1. The number of H-pyrrole nitrogens is 1. The lowest BCUT2D eigenvalue weighted by atomic mass is 9.80. The number of phenols is 1. The number of rotatable bonds is 13. The smallest absolute Gasteiger partial charge is 0.408 e. The van der Waals surface area contributed by atoms with Crippen LogP contribution in [-0.2, 0) is 21.5 Å². The number of piperidine rings is 4. The van der Waals surface area contributed by atoms with E-state index < -0.39 is 11.6 Å². The number of hydrogen-bond donors (Lipinski definition) is 6. The third kappa shape index (κ3) is 9.01. The molecule has 4 aliphatic heterocycles. The Hall–Kier alpha value is -5.24. The van der Waals surface area contributed by atoms with Crippen LogP contribution in [0.15, 0.2) is 83.7 Å². The summed E-state index contributed by atoms with van der Waals surface area (Å²) < 4.78 is 6.00. The van der Waals surface area contributed by atoms with Gasteiger partial charge in [-0.3, -0.25) is 19.3 Å². The molecule has 4 aliphatic rings. The third-order valence-corrected chi connectivity index (χ3v) is 11.5. The minimum atomic E-state index is -0.862. The number of benzene rings is 3. The van der Waals surface area contributed by atoms with Crippen molar-refractivity contribution in [2.45, 2.75) is 56.3 Å². The lowest BCUT2D eigenvalue weighted by Crippen LogP contribution is -2.57. The number of aromatic nitrogens is 1. The molecule has 13 heteroatoms. The average Bonchev–Trinajstić information content (AvgIpc) is 3.20. The van der Waals surface area contributed by atoms with Crippen molar-refractivity contribution in [3.63, 3.8) is 0 Å². The summed E-state index contributed by atoms with van der Waals surface area (Å²) in [4.78, 5) is 58.0. The Bertz CT molecular complexity index is 2020. The molecule has 4 fully saturated rings. The number of likely N-dealkylation sites (tertiary alicyclic amines) is 1. The van der Waals surface area contributed by atoms with E-state index >= 15 is 0 Å². The van der Waals surface area contributed by atoms with Crippen LogP contribution in [0.25, 0.3) is 10.9 Å². The van der Waals surface area contributed by atoms with E-state index in [1.807, 2.05) is 47.4 Å². The highest BCUT2D eigenvalue weighted by molar-refractivity contribution is 5.94. The van der Waals surface area contributed by atoms with Gasteiger partial charge in [0.15, 0.2) is 0 Å². The van der Waals surface area contributed by atoms with Crippen molar-refractivity contribution in [3.8, 4) is 5.75 Å². The fraction of sp³-hybridized carbons (Fsp3) is 0.429. The predicted octanol–water partition coefficient (Wildman–Crippen LogP) is 3.56. The Kier molecular flexibility index (Phi) is 11.8. The van der Waals surface area contributed by atoms with Gasteiger partial charge >= 0.3 is 6.09 Å². The first-order chi connectivity index (χ1) is 26.7. The number of nitrogens with one attached hydrogen (secondary N) is 4. The maximum atomic E-state index is 13.4. The zero-order valence-electron chi connectivity index (χ0n) is 31.0. The number of phenolic OH excluding ortho intramolecular Hbond substituents is 1. The fourth-order valence-electron chi connectivity index (χ4n) is 8.26. The number of carbonyl (C=O) groups excluding carboxylic acids is 3. The van der Waals surface area contributed by atoms with E-state index in [4.69, 9.17) is 4.74 Å². The van der Waals surface area contributed by atoms with Crippen LogP contribution in [0.1, 0.15) is 65.3 Å². The van der Waals surface area contributed by atoms with E-state index in [1.165, 1.54) is 12.1 Å². The van der Waals surface area contributed by atoms with Gasteiger partial charge in [0.05, 0.1) is 23.6 Å². The van der Waals surface area contributed by atoms with E-state index in [2.05, 4.69) is 25.8 Å². The molecule has 2 bridgehead atoms. The summed E-state index contributed by atoms with van der Waals surface area (Å²) in [5, 5.41) is 30.7. The van der Waals surface area contributed by atoms with Gasteiger partial charge in [0.2, 0.25) is 11.5 Å². The molecule has 4 aromatic rings. The zero-order valence-corrected chi connectivity index (χ0v) is 31.0. The minimum absolute atomic E-state index is 0.000123. The summed E-state index contributed by atoms with van der Waals surface area (Å²) >= 11 is 0. The Morgan fingerprint density at radius 2 is 1.65 bits per heavy atom. The van der Waals surface area contributed by atoms with Gasteiger partial charge in [0.1, 0.15) is 11.9 Å². The van der Waals surface area contributed by atoms with Crippen LogP contribution in [0.4, 0.5) is 4.79 Å². The first-order valence-corrected chi connectivity index (χ1v) is 19.3. The van der Waals surface area contributed by atoms with Crippen LogP contribution in [0.3, 0.4) is 0 Å². The van der Waals surface area contributed by atoms with E-state index in [0.29, 0.717) is 67.9 Å². The SMILES string of the molecule is O=C(NC1(c2ccccc2)CCN(C(=O)Cc2ccc(C(=O)NCCCNC[C@H](O)c3ccc(O)c4[nH]c(=O)ccc34)cc2)CC1)O[C@H]1CN2CCC1CC2. The van der Waals surface area contributed by atoms with Crippen LogP contribution in [-0.4, -0.2) is 101 Å². The standard InChI is InChI=1S/C42H50N6O7/c49-34-13-11-32(33-12-14-37(51)45-39(33)34)35(50)26-43-19-4-20-44-40(53)30-9-7-28(8-10-30)25-38(52)48-23-17-42(18-24-48,31-5-2-1-3-6-31)46-41(54)55-36-27-47-21-15-29(36)16-22-47/h1-3,5-14,29,35-36,43,49-50H,4,15-27H2,(H,44,53)(H,45,51)(H,46,54)/t35-,36-/m0/s1. The number of carbonyl (C=O) groups is 3. The van der Waals surface area contributed by atoms with E-state index in [0.717, 1.165) is 43.6 Å². The molecular formula is C42H50N6O7. The van der Waals surface area contributed by atoms with Crippen molar-refractivity contribution in [2.75, 3.05) is 52.4 Å². The lowest BCUT2D eigenvalue weighted by molar-refractivity contribution is -0.132. The molecule has 0 aliphatic carbocycles. The Labute approximate surface area is 320 Å². The Morgan fingerprint density at radius 3 is 2.36 bits per heavy atom. The number of hydrogen-bond acceptors (Lipinski definition) is 9. The van der Waals surface area contributed by atoms with Crippen LogP contribution >= 0.6 is 0 Å². The molecular weight excluding hydrogens is 700 g/mol. The summed E-state index contributed by atoms with van der Waals surface area (Å²) in [6.45, 7) is 5.18. The van der Waals surface area contributed by atoms with Crippen LogP contribution in [0, 0.1) is 5.92 Å². The van der Waals surface area contributed by atoms with Gasteiger partial charge in [-0.1, -0.05) is 48.5 Å². The molecule has 0 saturated carbocycles. The van der Waals surface area contributed by atoms with Crippen molar-refractivity contribution < 1.29 is 29.3 Å². The van der Waals surface area contributed by atoms with Crippen LogP contribution < -0.4 is 21.5 Å². The van der Waals surface area contributed by atoms with E-state index in [-0.39, 0.29) is 53.8 Å². The number of nitrogens with zero attached hydrogens (tertiary/aromatic N) is 2. The predicted molar refractivity (Wildman–Crippen MR) is 208 cm³/mol. The molecule has 55 heavy (non-hydrogen) atoms. The first kappa shape index (κ1) is 38.1. The summed E-state index contributed by atoms with van der Waals surface area (Å²) in [5.41, 5.74) is 2.23. The average molecular weight is 751 g/mol. The molecule has 0 radical (unpaired) electrons. The molecule has 290 valence electrons. The molecule has 1 aromatic heterocycles. The minimum Gasteiger partial charge on any atom is -0.506 e. The number of pyridine rings is 1. The highest BCUT2D eigenvalue weighted by atomic mass is 16.6. The van der Waals surface area contributed by atoms with E-state index in [1.54, 1.807) is 24.3 Å². The molecule has 13 nitrogen and oxygen atoms in total. The second-order valence-electron chi connectivity index (χ2n) is 15.0. The summed E-state index contributed by atoms with van der Waals surface area (Å²) in [6.07, 6.45) is 2.79. The van der Waals surface area contributed by atoms with Crippen molar-refractivity contribution in [1.82, 2.24) is 30.7 Å². The highest BCUT2D eigenvalue weighted by Gasteiger charge is 2.41. The van der Waals surface area contributed by atoms with Crippen molar-refractivity contribution in [1.29, 1.82) is 0 Å². The number of aliphatic hydroxyl groups excluding tert-OH is 1. The Balaban J connectivity index is 0.840. The maximum Gasteiger partial charge on any atom is 0.408 e. The van der Waals surface area contributed by atoms with Gasteiger partial charge < -0.3 is 40.8 Å². The van der Waals surface area contributed by atoms with Gasteiger partial charge in [-0.2, -0.15) is 0 Å². The van der Waals surface area contributed by atoms with Crippen LogP contribution in [0.5, 0.6) is 5.75 Å². The fourth-order valence-corrected chi connectivity index (χ4v) is 8.26. The van der Waals surface area contributed by atoms with Crippen molar-refractivity contribution in [3.05, 3.63) is 111 Å². The monoisotopic (exact) mass is 750 g/mol. The highest BCUT2D eigenvalue weighted by Crippen LogP contribution is 2.35. The second-order valence-corrected chi connectivity index (χ2v) is 15.0. The normalized spacial score (nSPS) is 20.8. The Morgan fingerprint density at radius 1 is 0.909 bits per heavy atom. The summed E-state index contributed by atoms with van der Waals surface area (Å²) in [6, 6.07) is 23.0. The van der Waals surface area contributed by atoms with Gasteiger partial charge in [0.25, 0.3) is 5.91 Å². The van der Waals surface area contributed by atoms with Crippen molar-refractivity contribution in [2.24, 2.45) is 5.92 Å². The second kappa shape index (κ2) is 17.1. The molecule has 4 saturated heterocycles.